The van der Waals surface area contributed by atoms with E-state index in [9.17, 15) is 34.8 Å². The van der Waals surface area contributed by atoms with Gasteiger partial charge in [0.25, 0.3) is 0 Å². The average Bonchev–Trinajstić information content (AvgIpc) is 3.08. The number of carbonyl (C=O) groups excluding carboxylic acids is 3. The monoisotopic (exact) mass is 494 g/mol. The molecule has 0 amide bonds. The summed E-state index contributed by atoms with van der Waals surface area (Å²) in [6.45, 7) is 7.88. The predicted octanol–water partition coefficient (Wildman–Crippen LogP) is -0.151. The first-order chi connectivity index (χ1) is 16.2. The maximum Gasteiger partial charge on any atom is 0.348 e. The molecule has 5 unspecified atom stereocenters. The van der Waals surface area contributed by atoms with Crippen LogP contribution in [0.5, 0.6) is 0 Å². The SMILES string of the molecule is CCC(C)(O)C(=O)OC1C(=O)O[C@@H]2C[C@H]3C(C)=CC(=O)C(O)[C@]3(C)[C@H]3C4(O)OC[C@]32[C@@H]1[C@@H](C)C4O. The van der Waals surface area contributed by atoms with Gasteiger partial charge in [-0.15, -0.1) is 0 Å². The minimum absolute atomic E-state index is 0.0510. The summed E-state index contributed by atoms with van der Waals surface area (Å²) in [6.07, 6.45) is -3.51. The second kappa shape index (κ2) is 7.35. The van der Waals surface area contributed by atoms with Crippen molar-refractivity contribution < 1.29 is 49.0 Å². The first kappa shape index (κ1) is 24.8. The van der Waals surface area contributed by atoms with Crippen molar-refractivity contribution in [1.82, 2.24) is 0 Å². The van der Waals surface area contributed by atoms with E-state index < -0.39 is 88.0 Å². The smallest absolute Gasteiger partial charge is 0.348 e. The third-order valence-corrected chi connectivity index (χ3v) is 9.99. The molecule has 4 N–H and O–H groups in total. The van der Waals surface area contributed by atoms with Crippen LogP contribution in [-0.2, 0) is 28.6 Å². The summed E-state index contributed by atoms with van der Waals surface area (Å²) in [4.78, 5) is 38.8. The molecule has 2 aliphatic heterocycles. The Kier molecular flexibility index (Phi) is 5.21. The Morgan fingerprint density at radius 3 is 2.60 bits per heavy atom. The van der Waals surface area contributed by atoms with E-state index in [2.05, 4.69) is 0 Å². The zero-order valence-corrected chi connectivity index (χ0v) is 20.6. The number of ether oxygens (including phenoxy) is 3. The van der Waals surface area contributed by atoms with Gasteiger partial charge in [-0.05, 0) is 44.6 Å². The fourth-order valence-corrected chi connectivity index (χ4v) is 8.12. The topological polar surface area (TPSA) is 160 Å². The zero-order chi connectivity index (χ0) is 25.9. The molecule has 2 heterocycles. The summed E-state index contributed by atoms with van der Waals surface area (Å²) >= 11 is 0. The van der Waals surface area contributed by atoms with E-state index in [1.54, 1.807) is 27.7 Å². The van der Waals surface area contributed by atoms with Crippen molar-refractivity contribution >= 4 is 17.7 Å². The minimum atomic E-state index is -2.12. The predicted molar refractivity (Wildman–Crippen MR) is 117 cm³/mol. The molecule has 0 aromatic rings. The summed E-state index contributed by atoms with van der Waals surface area (Å²) in [7, 11) is 0. The molecule has 10 nitrogen and oxygen atoms in total. The molecule has 0 aromatic heterocycles. The molecular weight excluding hydrogens is 460 g/mol. The Balaban J connectivity index is 1.69. The van der Waals surface area contributed by atoms with Crippen molar-refractivity contribution in [3.05, 3.63) is 11.6 Å². The number of hydrogen-bond donors (Lipinski definition) is 4. The second-order valence-electron chi connectivity index (χ2n) is 11.6. The summed E-state index contributed by atoms with van der Waals surface area (Å²) in [6, 6.07) is 0. The van der Waals surface area contributed by atoms with Crippen molar-refractivity contribution in [3.63, 3.8) is 0 Å². The molecule has 1 spiro atoms. The molecule has 3 aliphatic carbocycles. The quantitative estimate of drug-likeness (QED) is 0.389. The average molecular weight is 495 g/mol. The van der Waals surface area contributed by atoms with Crippen LogP contribution in [0.3, 0.4) is 0 Å². The lowest BCUT2D eigenvalue weighted by atomic mass is 9.38. The fraction of sp³-hybridized carbons (Fsp3) is 0.800. The Bertz CT molecular complexity index is 1020. The third kappa shape index (κ3) is 2.80. The lowest BCUT2D eigenvalue weighted by Crippen LogP contribution is -2.78. The molecule has 2 bridgehead atoms. The van der Waals surface area contributed by atoms with Crippen LogP contribution in [0.25, 0.3) is 0 Å². The highest BCUT2D eigenvalue weighted by Crippen LogP contribution is 2.73. The van der Waals surface area contributed by atoms with Crippen molar-refractivity contribution in [2.75, 3.05) is 6.61 Å². The van der Waals surface area contributed by atoms with Gasteiger partial charge in [-0.25, -0.2) is 9.59 Å². The molecule has 5 rings (SSSR count). The number of esters is 2. The second-order valence-corrected chi connectivity index (χ2v) is 11.6. The van der Waals surface area contributed by atoms with Crippen molar-refractivity contribution in [2.24, 2.45) is 34.5 Å². The first-order valence-corrected chi connectivity index (χ1v) is 12.3. The van der Waals surface area contributed by atoms with E-state index in [1.165, 1.54) is 13.0 Å². The molecule has 2 saturated carbocycles. The lowest BCUT2D eigenvalue weighted by molar-refractivity contribution is -0.340. The van der Waals surface area contributed by atoms with Gasteiger partial charge >= 0.3 is 11.9 Å². The van der Waals surface area contributed by atoms with E-state index in [4.69, 9.17) is 14.2 Å². The maximum absolute atomic E-state index is 13.3. The Morgan fingerprint density at radius 2 is 1.97 bits per heavy atom. The van der Waals surface area contributed by atoms with Gasteiger partial charge in [0.2, 0.25) is 6.10 Å². The summed E-state index contributed by atoms with van der Waals surface area (Å²) in [5, 5.41) is 44.8. The number of ketones is 1. The van der Waals surface area contributed by atoms with Crippen LogP contribution in [0, 0.1) is 34.5 Å². The molecule has 0 radical (unpaired) electrons. The minimum Gasteiger partial charge on any atom is -0.459 e. The van der Waals surface area contributed by atoms with Gasteiger partial charge in [0, 0.05) is 22.7 Å². The van der Waals surface area contributed by atoms with Gasteiger partial charge in [-0.2, -0.15) is 0 Å². The van der Waals surface area contributed by atoms with Crippen LogP contribution in [0.15, 0.2) is 11.6 Å². The molecule has 0 aromatic carbocycles. The number of hydrogen-bond acceptors (Lipinski definition) is 10. The van der Waals surface area contributed by atoms with Crippen LogP contribution >= 0.6 is 0 Å². The number of rotatable bonds is 3. The van der Waals surface area contributed by atoms with Crippen molar-refractivity contribution in [2.45, 2.75) is 83.3 Å². The lowest BCUT2D eigenvalue weighted by Gasteiger charge is -2.68. The molecule has 12 atom stereocenters. The van der Waals surface area contributed by atoms with Gasteiger partial charge in [-0.3, -0.25) is 4.79 Å². The molecule has 10 heteroatoms. The van der Waals surface area contributed by atoms with E-state index in [1.807, 2.05) is 0 Å². The van der Waals surface area contributed by atoms with E-state index in [0.29, 0.717) is 5.57 Å². The first-order valence-electron chi connectivity index (χ1n) is 12.3. The summed E-state index contributed by atoms with van der Waals surface area (Å²) < 4.78 is 17.4. The van der Waals surface area contributed by atoms with Gasteiger partial charge in [0.1, 0.15) is 18.3 Å². The van der Waals surface area contributed by atoms with Crippen LogP contribution < -0.4 is 0 Å². The fourth-order valence-electron chi connectivity index (χ4n) is 8.12. The van der Waals surface area contributed by atoms with E-state index >= 15 is 0 Å². The van der Waals surface area contributed by atoms with Crippen LogP contribution in [0.2, 0.25) is 0 Å². The highest BCUT2D eigenvalue weighted by atomic mass is 16.7. The number of carbonyl (C=O) groups is 3. The van der Waals surface area contributed by atoms with E-state index in [-0.39, 0.29) is 19.4 Å². The third-order valence-electron chi connectivity index (χ3n) is 9.99. The number of aliphatic hydroxyl groups is 4. The van der Waals surface area contributed by atoms with E-state index in [0.717, 1.165) is 0 Å². The highest BCUT2D eigenvalue weighted by Gasteiger charge is 2.83. The zero-order valence-electron chi connectivity index (χ0n) is 20.6. The van der Waals surface area contributed by atoms with Gasteiger partial charge in [-0.1, -0.05) is 26.3 Å². The standard InChI is InChI=1S/C25H34O10/c1-6-22(4,31)21(30)35-16-15-11(3)17(27)25(32)20-23(5)12(10(2)7-13(26)18(23)28)8-14(34-19(16)29)24(15,20)9-33-25/h7,11-12,14-18,20,27-28,31-32H,6,8-9H2,1-5H3/t11-,12+,14-,15-,16?,17?,18?,20-,22?,23-,24+,25?/m1/s1. The van der Waals surface area contributed by atoms with Crippen LogP contribution in [0.1, 0.15) is 47.5 Å². The van der Waals surface area contributed by atoms with Crippen molar-refractivity contribution in [3.8, 4) is 0 Å². The number of fused-ring (bicyclic) bond motifs is 1. The Morgan fingerprint density at radius 1 is 1.31 bits per heavy atom. The largest absolute Gasteiger partial charge is 0.459 e. The molecule has 35 heavy (non-hydrogen) atoms. The summed E-state index contributed by atoms with van der Waals surface area (Å²) in [5.74, 6) is -7.47. The Hall–Kier alpha value is -1.85. The van der Waals surface area contributed by atoms with Crippen molar-refractivity contribution in [1.29, 1.82) is 0 Å². The summed E-state index contributed by atoms with van der Waals surface area (Å²) in [5.41, 5.74) is -3.54. The Labute approximate surface area is 203 Å². The van der Waals surface area contributed by atoms with Gasteiger partial charge in [0.05, 0.1) is 6.61 Å². The van der Waals surface area contributed by atoms with Crippen LogP contribution in [-0.4, -0.2) is 80.6 Å². The van der Waals surface area contributed by atoms with Gasteiger partial charge < -0.3 is 34.6 Å². The number of allylic oxidation sites excluding steroid dienone is 1. The molecular formula is C25H34O10. The molecule has 2 saturated heterocycles. The molecule has 194 valence electrons. The highest BCUT2D eigenvalue weighted by molar-refractivity contribution is 5.96. The molecule has 4 fully saturated rings. The number of aliphatic hydroxyl groups excluding tert-OH is 2. The van der Waals surface area contributed by atoms with Crippen LogP contribution in [0.4, 0.5) is 0 Å². The normalized spacial score (nSPS) is 52.0. The molecule has 5 aliphatic rings. The maximum atomic E-state index is 13.3. The van der Waals surface area contributed by atoms with Gasteiger partial charge in [0.15, 0.2) is 17.2 Å².